The SMILES string of the molecule is Cc1cc(C(F)(F)F)ccc1-c1cc(=O)[nH]c2c(-c3ccc(Cl)c(Cl)c3)c(C3CC3)nn12. The Balaban J connectivity index is 1.78. The number of benzene rings is 2. The Morgan fingerprint density at radius 1 is 1.06 bits per heavy atom. The van der Waals surface area contributed by atoms with Crippen molar-refractivity contribution in [1.29, 1.82) is 0 Å². The highest BCUT2D eigenvalue weighted by atomic mass is 35.5. The number of halogens is 5. The lowest BCUT2D eigenvalue weighted by Crippen LogP contribution is -2.11. The van der Waals surface area contributed by atoms with E-state index in [9.17, 15) is 18.0 Å². The van der Waals surface area contributed by atoms with Gasteiger partial charge in [0.2, 0.25) is 0 Å². The number of aryl methyl sites for hydroxylation is 1. The fourth-order valence-corrected chi connectivity index (χ4v) is 4.26. The maximum absolute atomic E-state index is 13.1. The highest BCUT2D eigenvalue weighted by molar-refractivity contribution is 6.42. The van der Waals surface area contributed by atoms with E-state index in [0.29, 0.717) is 32.5 Å². The topological polar surface area (TPSA) is 50.2 Å². The Bertz CT molecular complexity index is 1440. The van der Waals surface area contributed by atoms with Crippen LogP contribution in [0.25, 0.3) is 28.0 Å². The number of nitrogens with zero attached hydrogens (tertiary/aromatic N) is 2. The van der Waals surface area contributed by atoms with Gasteiger partial charge < -0.3 is 4.98 Å². The number of aromatic nitrogens is 3. The summed E-state index contributed by atoms with van der Waals surface area (Å²) >= 11 is 12.3. The number of rotatable bonds is 3. The van der Waals surface area contributed by atoms with Gasteiger partial charge in [-0.25, -0.2) is 4.52 Å². The molecule has 1 fully saturated rings. The van der Waals surface area contributed by atoms with Crippen LogP contribution in [0.5, 0.6) is 0 Å². The molecule has 2 aromatic heterocycles. The molecule has 0 spiro atoms. The number of nitrogens with one attached hydrogen (secondary N) is 1. The van der Waals surface area contributed by atoms with E-state index < -0.39 is 11.7 Å². The summed E-state index contributed by atoms with van der Waals surface area (Å²) in [5.74, 6) is 0.240. The molecule has 5 rings (SSSR count). The van der Waals surface area contributed by atoms with E-state index in [1.54, 1.807) is 23.6 Å². The highest BCUT2D eigenvalue weighted by Crippen LogP contribution is 2.46. The third-order valence-electron chi connectivity index (χ3n) is 5.65. The zero-order valence-corrected chi connectivity index (χ0v) is 18.2. The third kappa shape index (κ3) is 3.59. The van der Waals surface area contributed by atoms with Crippen LogP contribution in [0.2, 0.25) is 10.0 Å². The van der Waals surface area contributed by atoms with E-state index >= 15 is 0 Å². The second-order valence-corrected chi connectivity index (χ2v) is 8.78. The van der Waals surface area contributed by atoms with Crippen LogP contribution >= 0.6 is 23.2 Å². The van der Waals surface area contributed by atoms with Gasteiger partial charge in [-0.3, -0.25) is 4.79 Å². The first-order valence-corrected chi connectivity index (χ1v) is 10.7. The minimum Gasteiger partial charge on any atom is -0.306 e. The van der Waals surface area contributed by atoms with E-state index in [1.165, 1.54) is 12.1 Å². The summed E-state index contributed by atoms with van der Waals surface area (Å²) in [6.45, 7) is 1.59. The monoisotopic (exact) mass is 477 g/mol. The molecule has 0 aliphatic heterocycles. The fraction of sp³-hybridized carbons (Fsp3) is 0.217. The van der Waals surface area contributed by atoms with Crippen molar-refractivity contribution in [1.82, 2.24) is 14.6 Å². The van der Waals surface area contributed by atoms with Gasteiger partial charge in [0.05, 0.1) is 27.0 Å². The number of fused-ring (bicyclic) bond motifs is 1. The van der Waals surface area contributed by atoms with E-state index in [-0.39, 0.29) is 11.5 Å². The Kier molecular flexibility index (Phi) is 4.87. The molecule has 1 aliphatic carbocycles. The van der Waals surface area contributed by atoms with Gasteiger partial charge >= 0.3 is 6.18 Å². The molecular weight excluding hydrogens is 462 g/mol. The first-order valence-electron chi connectivity index (χ1n) is 9.93. The maximum Gasteiger partial charge on any atom is 0.416 e. The largest absolute Gasteiger partial charge is 0.416 e. The summed E-state index contributed by atoms with van der Waals surface area (Å²) in [5.41, 5.74) is 2.98. The molecule has 0 saturated heterocycles. The normalized spacial score (nSPS) is 14.3. The molecule has 1 saturated carbocycles. The fourth-order valence-electron chi connectivity index (χ4n) is 3.96. The van der Waals surface area contributed by atoms with Crippen molar-refractivity contribution in [3.8, 4) is 22.4 Å². The van der Waals surface area contributed by atoms with Crippen molar-refractivity contribution < 1.29 is 13.2 Å². The van der Waals surface area contributed by atoms with Crippen LogP contribution < -0.4 is 5.56 Å². The van der Waals surface area contributed by atoms with Crippen LogP contribution in [-0.4, -0.2) is 14.6 Å². The zero-order valence-electron chi connectivity index (χ0n) is 16.7. The number of aromatic amines is 1. The predicted octanol–water partition coefficient (Wildman–Crippen LogP) is 6.87. The van der Waals surface area contributed by atoms with Crippen LogP contribution in [0.1, 0.15) is 35.6 Å². The van der Waals surface area contributed by atoms with Crippen LogP contribution in [0, 0.1) is 6.92 Å². The van der Waals surface area contributed by atoms with Crippen molar-refractivity contribution in [3.05, 3.63) is 79.7 Å². The molecule has 9 heteroatoms. The van der Waals surface area contributed by atoms with Crippen molar-refractivity contribution in [3.63, 3.8) is 0 Å². The lowest BCUT2D eigenvalue weighted by molar-refractivity contribution is -0.137. The molecule has 4 nitrogen and oxygen atoms in total. The van der Waals surface area contributed by atoms with Crippen LogP contribution in [0.4, 0.5) is 13.2 Å². The Labute approximate surface area is 190 Å². The van der Waals surface area contributed by atoms with Crippen molar-refractivity contribution in [2.45, 2.75) is 31.9 Å². The molecule has 2 heterocycles. The van der Waals surface area contributed by atoms with Gasteiger partial charge in [0.1, 0.15) is 5.65 Å². The van der Waals surface area contributed by atoms with Gasteiger partial charge in [-0.15, -0.1) is 0 Å². The molecule has 4 aromatic rings. The number of H-pyrrole nitrogens is 1. The number of alkyl halides is 3. The average Bonchev–Trinajstić information content (AvgIpc) is 3.50. The summed E-state index contributed by atoms with van der Waals surface area (Å²) in [4.78, 5) is 15.4. The lowest BCUT2D eigenvalue weighted by atomic mass is 10.0. The smallest absolute Gasteiger partial charge is 0.306 e. The van der Waals surface area contributed by atoms with Gasteiger partial charge in [0, 0.05) is 23.1 Å². The van der Waals surface area contributed by atoms with Crippen molar-refractivity contribution in [2.75, 3.05) is 0 Å². The minimum absolute atomic E-state index is 0.240. The van der Waals surface area contributed by atoms with Gasteiger partial charge in [-0.05, 0) is 55.2 Å². The van der Waals surface area contributed by atoms with Crippen LogP contribution in [0.15, 0.2) is 47.3 Å². The molecule has 2 aromatic carbocycles. The summed E-state index contributed by atoms with van der Waals surface area (Å²) in [5, 5.41) is 5.57. The molecular formula is C23H16Cl2F3N3O. The van der Waals surface area contributed by atoms with E-state index in [0.717, 1.165) is 41.8 Å². The van der Waals surface area contributed by atoms with Gasteiger partial charge in [-0.1, -0.05) is 35.3 Å². The summed E-state index contributed by atoms with van der Waals surface area (Å²) in [7, 11) is 0. The molecule has 164 valence electrons. The third-order valence-corrected chi connectivity index (χ3v) is 6.39. The Morgan fingerprint density at radius 3 is 2.44 bits per heavy atom. The van der Waals surface area contributed by atoms with E-state index in [1.807, 2.05) is 6.07 Å². The molecule has 1 aliphatic rings. The van der Waals surface area contributed by atoms with Gasteiger partial charge in [0.15, 0.2) is 0 Å². The first-order chi connectivity index (χ1) is 15.1. The molecule has 0 amide bonds. The Morgan fingerprint density at radius 2 is 1.81 bits per heavy atom. The van der Waals surface area contributed by atoms with Crippen LogP contribution in [-0.2, 0) is 6.18 Å². The van der Waals surface area contributed by atoms with E-state index in [4.69, 9.17) is 28.3 Å². The second kappa shape index (κ2) is 7.39. The van der Waals surface area contributed by atoms with Gasteiger partial charge in [-0.2, -0.15) is 18.3 Å². The maximum atomic E-state index is 13.1. The standard InChI is InChI=1S/C23H16Cl2F3N3O/c1-11-8-14(23(26,27)28)5-6-15(11)18-10-19(32)29-22-20(13-4-7-16(24)17(25)9-13)21(12-2-3-12)30-31(18)22/h4-10,12H,2-3H2,1H3,(H,29,32). The van der Waals surface area contributed by atoms with Crippen molar-refractivity contribution in [2.24, 2.45) is 0 Å². The molecule has 0 bridgehead atoms. The molecule has 0 radical (unpaired) electrons. The zero-order chi connectivity index (χ0) is 22.8. The van der Waals surface area contributed by atoms with E-state index in [2.05, 4.69) is 4.98 Å². The predicted molar refractivity (Wildman–Crippen MR) is 118 cm³/mol. The molecule has 0 atom stereocenters. The number of hydrogen-bond acceptors (Lipinski definition) is 2. The number of hydrogen-bond donors (Lipinski definition) is 1. The second-order valence-electron chi connectivity index (χ2n) is 7.97. The summed E-state index contributed by atoms with van der Waals surface area (Å²) in [6, 6.07) is 10.0. The summed E-state index contributed by atoms with van der Waals surface area (Å²) < 4.78 is 41.0. The lowest BCUT2D eigenvalue weighted by Gasteiger charge is -2.12. The van der Waals surface area contributed by atoms with Crippen molar-refractivity contribution >= 4 is 28.8 Å². The van der Waals surface area contributed by atoms with Crippen LogP contribution in [0.3, 0.4) is 0 Å². The first kappa shape index (κ1) is 21.1. The molecule has 32 heavy (non-hydrogen) atoms. The molecule has 0 unspecified atom stereocenters. The Hall–Kier alpha value is -2.77. The summed E-state index contributed by atoms with van der Waals surface area (Å²) in [6.07, 6.45) is -2.51. The molecule has 1 N–H and O–H groups in total. The average molecular weight is 478 g/mol. The quantitative estimate of drug-likeness (QED) is 0.350. The van der Waals surface area contributed by atoms with Gasteiger partial charge in [0.25, 0.3) is 5.56 Å². The minimum atomic E-state index is -4.45. The highest BCUT2D eigenvalue weighted by Gasteiger charge is 2.33.